The predicted molar refractivity (Wildman–Crippen MR) is 125 cm³/mol. The first-order valence-electron chi connectivity index (χ1n) is 11.3. The molecule has 0 saturated carbocycles. The van der Waals surface area contributed by atoms with E-state index in [-0.39, 0.29) is 0 Å². The van der Waals surface area contributed by atoms with Crippen LogP contribution in [0.15, 0.2) is 59.6 Å². The molecule has 1 N–H and O–H groups in total. The second kappa shape index (κ2) is 11.2. The van der Waals surface area contributed by atoms with Gasteiger partial charge in [-0.05, 0) is 36.1 Å². The Labute approximate surface area is 185 Å². The molecule has 0 radical (unpaired) electrons. The molecule has 4 rings (SSSR count). The summed E-state index contributed by atoms with van der Waals surface area (Å²) in [4.78, 5) is 9.28. The van der Waals surface area contributed by atoms with E-state index in [0.717, 1.165) is 64.7 Å². The van der Waals surface area contributed by atoms with Gasteiger partial charge < -0.3 is 24.6 Å². The maximum Gasteiger partial charge on any atom is 0.194 e. The summed E-state index contributed by atoms with van der Waals surface area (Å²) < 4.78 is 11.4. The summed E-state index contributed by atoms with van der Waals surface area (Å²) in [6, 6.07) is 19.3. The zero-order chi connectivity index (χ0) is 21.3. The normalized spacial score (nSPS) is 18.3. The summed E-state index contributed by atoms with van der Waals surface area (Å²) in [5, 5.41) is 3.53. The largest absolute Gasteiger partial charge is 0.381 e. The Hall–Kier alpha value is -2.57. The van der Waals surface area contributed by atoms with E-state index in [4.69, 9.17) is 9.47 Å². The fourth-order valence-electron chi connectivity index (χ4n) is 4.14. The highest BCUT2D eigenvalue weighted by Crippen LogP contribution is 2.16. The van der Waals surface area contributed by atoms with Gasteiger partial charge in [0.25, 0.3) is 0 Å². The van der Waals surface area contributed by atoms with Crippen LogP contribution in [0.3, 0.4) is 0 Å². The number of nitrogens with one attached hydrogen (secondary N) is 1. The standard InChI is InChI=1S/C25H34N4O2/c1-26-25(29-15-13-28(14-16-29)23-5-3-2-4-6-23)27-19-21-7-9-22(10-8-21)20-31-24-11-17-30-18-12-24/h2-10,24H,11-20H2,1H3,(H,26,27). The Morgan fingerprint density at radius 2 is 1.65 bits per heavy atom. The Balaban J connectivity index is 1.21. The van der Waals surface area contributed by atoms with Crippen molar-refractivity contribution in [1.29, 1.82) is 0 Å². The molecule has 0 aromatic heterocycles. The van der Waals surface area contributed by atoms with Crippen molar-refractivity contribution in [3.05, 3.63) is 65.7 Å². The molecule has 2 aromatic carbocycles. The van der Waals surface area contributed by atoms with Gasteiger partial charge in [-0.15, -0.1) is 0 Å². The van der Waals surface area contributed by atoms with Crippen molar-refractivity contribution in [2.45, 2.75) is 32.1 Å². The molecule has 2 heterocycles. The lowest BCUT2D eigenvalue weighted by atomic mass is 10.1. The van der Waals surface area contributed by atoms with Gasteiger partial charge in [0.2, 0.25) is 0 Å². The quantitative estimate of drug-likeness (QED) is 0.572. The second-order valence-electron chi connectivity index (χ2n) is 8.15. The average molecular weight is 423 g/mol. The topological polar surface area (TPSA) is 49.3 Å². The van der Waals surface area contributed by atoms with Crippen LogP contribution in [0, 0.1) is 0 Å². The fraction of sp³-hybridized carbons (Fsp3) is 0.480. The molecule has 0 bridgehead atoms. The summed E-state index contributed by atoms with van der Waals surface area (Å²) in [6.45, 7) is 7.03. The van der Waals surface area contributed by atoms with Gasteiger partial charge in [0.1, 0.15) is 0 Å². The van der Waals surface area contributed by atoms with Crippen LogP contribution in [-0.4, -0.2) is 63.4 Å². The fourth-order valence-corrected chi connectivity index (χ4v) is 4.14. The summed E-state index contributed by atoms with van der Waals surface area (Å²) >= 11 is 0. The van der Waals surface area contributed by atoms with Crippen molar-refractivity contribution in [3.8, 4) is 0 Å². The number of hydrogen-bond donors (Lipinski definition) is 1. The molecule has 2 aliphatic rings. The third-order valence-corrected chi connectivity index (χ3v) is 6.04. The van der Waals surface area contributed by atoms with E-state index >= 15 is 0 Å². The van der Waals surface area contributed by atoms with Gasteiger partial charge in [-0.1, -0.05) is 42.5 Å². The van der Waals surface area contributed by atoms with E-state index in [0.29, 0.717) is 12.7 Å². The highest BCUT2D eigenvalue weighted by Gasteiger charge is 2.19. The molecule has 0 atom stereocenters. The van der Waals surface area contributed by atoms with Crippen LogP contribution in [-0.2, 0) is 22.6 Å². The molecule has 2 saturated heterocycles. The average Bonchev–Trinajstić information content (AvgIpc) is 2.85. The van der Waals surface area contributed by atoms with E-state index in [9.17, 15) is 0 Å². The molecule has 2 fully saturated rings. The van der Waals surface area contributed by atoms with Gasteiger partial charge in [0, 0.05) is 58.7 Å². The van der Waals surface area contributed by atoms with Gasteiger partial charge in [0.05, 0.1) is 12.7 Å². The van der Waals surface area contributed by atoms with Crippen molar-refractivity contribution in [2.24, 2.45) is 4.99 Å². The maximum atomic E-state index is 6.02. The summed E-state index contributed by atoms with van der Waals surface area (Å²) in [5.41, 5.74) is 3.77. The van der Waals surface area contributed by atoms with E-state index in [1.165, 1.54) is 16.8 Å². The van der Waals surface area contributed by atoms with Gasteiger partial charge >= 0.3 is 0 Å². The number of hydrogen-bond acceptors (Lipinski definition) is 4. The molecular weight excluding hydrogens is 388 g/mol. The number of rotatable bonds is 6. The predicted octanol–water partition coefficient (Wildman–Crippen LogP) is 3.28. The van der Waals surface area contributed by atoms with Crippen molar-refractivity contribution >= 4 is 11.6 Å². The minimum Gasteiger partial charge on any atom is -0.381 e. The molecule has 2 aromatic rings. The SMILES string of the molecule is CN=C(NCc1ccc(COC2CCOCC2)cc1)N1CCN(c2ccccc2)CC1. The highest BCUT2D eigenvalue weighted by molar-refractivity contribution is 5.80. The maximum absolute atomic E-state index is 6.02. The molecule has 31 heavy (non-hydrogen) atoms. The lowest BCUT2D eigenvalue weighted by Crippen LogP contribution is -2.52. The van der Waals surface area contributed by atoms with Crippen LogP contribution in [0.25, 0.3) is 0 Å². The van der Waals surface area contributed by atoms with Crippen molar-refractivity contribution < 1.29 is 9.47 Å². The zero-order valence-electron chi connectivity index (χ0n) is 18.5. The van der Waals surface area contributed by atoms with Gasteiger partial charge in [-0.2, -0.15) is 0 Å². The molecule has 0 unspecified atom stereocenters. The first kappa shape index (κ1) is 21.7. The molecule has 0 aliphatic carbocycles. The van der Waals surface area contributed by atoms with Crippen LogP contribution in [0.4, 0.5) is 5.69 Å². The van der Waals surface area contributed by atoms with Gasteiger partial charge in [-0.25, -0.2) is 0 Å². The zero-order valence-corrected chi connectivity index (χ0v) is 18.5. The Morgan fingerprint density at radius 3 is 2.32 bits per heavy atom. The molecule has 6 nitrogen and oxygen atoms in total. The van der Waals surface area contributed by atoms with E-state index in [1.54, 1.807) is 0 Å². The number of nitrogens with zero attached hydrogens (tertiary/aromatic N) is 3. The third-order valence-electron chi connectivity index (χ3n) is 6.04. The third kappa shape index (κ3) is 6.21. The smallest absolute Gasteiger partial charge is 0.194 e. The number of ether oxygens (including phenoxy) is 2. The Bertz CT molecular complexity index is 811. The monoisotopic (exact) mass is 422 g/mol. The minimum atomic E-state index is 0.334. The lowest BCUT2D eigenvalue weighted by Gasteiger charge is -2.37. The Kier molecular flexibility index (Phi) is 7.80. The van der Waals surface area contributed by atoms with Crippen molar-refractivity contribution in [3.63, 3.8) is 0 Å². The van der Waals surface area contributed by atoms with E-state index in [1.807, 2.05) is 7.05 Å². The second-order valence-corrected chi connectivity index (χ2v) is 8.15. The first-order chi connectivity index (χ1) is 15.3. The van der Waals surface area contributed by atoms with Crippen LogP contribution >= 0.6 is 0 Å². The number of para-hydroxylation sites is 1. The van der Waals surface area contributed by atoms with Crippen LogP contribution < -0.4 is 10.2 Å². The van der Waals surface area contributed by atoms with Crippen LogP contribution in [0.1, 0.15) is 24.0 Å². The van der Waals surface area contributed by atoms with E-state index in [2.05, 4.69) is 74.7 Å². The highest BCUT2D eigenvalue weighted by atomic mass is 16.5. The number of piperazine rings is 1. The van der Waals surface area contributed by atoms with Gasteiger partial charge in [-0.3, -0.25) is 4.99 Å². The van der Waals surface area contributed by atoms with Gasteiger partial charge in [0.15, 0.2) is 5.96 Å². The summed E-state index contributed by atoms with van der Waals surface area (Å²) in [7, 11) is 1.86. The number of guanidine groups is 1. The summed E-state index contributed by atoms with van der Waals surface area (Å²) in [6.07, 6.45) is 2.34. The van der Waals surface area contributed by atoms with Crippen LogP contribution in [0.2, 0.25) is 0 Å². The minimum absolute atomic E-state index is 0.334. The Morgan fingerprint density at radius 1 is 0.968 bits per heavy atom. The molecular formula is C25H34N4O2. The molecule has 0 amide bonds. The van der Waals surface area contributed by atoms with Crippen LogP contribution in [0.5, 0.6) is 0 Å². The molecule has 2 aliphatic heterocycles. The number of benzene rings is 2. The van der Waals surface area contributed by atoms with Crippen molar-refractivity contribution in [1.82, 2.24) is 10.2 Å². The summed E-state index contributed by atoms with van der Waals surface area (Å²) in [5.74, 6) is 0.972. The molecule has 6 heteroatoms. The molecule has 0 spiro atoms. The van der Waals surface area contributed by atoms with E-state index < -0.39 is 0 Å². The first-order valence-corrected chi connectivity index (χ1v) is 11.3. The van der Waals surface area contributed by atoms with Crippen molar-refractivity contribution in [2.75, 3.05) is 51.3 Å². The molecule has 166 valence electrons. The number of aliphatic imine (C=N–C) groups is 1. The lowest BCUT2D eigenvalue weighted by molar-refractivity contribution is -0.0390. The number of anilines is 1.